The third kappa shape index (κ3) is 3.50. The van der Waals surface area contributed by atoms with E-state index < -0.39 is 0 Å². The van der Waals surface area contributed by atoms with Crippen LogP contribution in [-0.2, 0) is 0 Å². The van der Waals surface area contributed by atoms with Crippen molar-refractivity contribution in [1.82, 2.24) is 10.3 Å². The zero-order valence-electron chi connectivity index (χ0n) is 10.5. The molecule has 2 rings (SSSR count). The number of carbonyl (C=O) groups excluding carboxylic acids is 1. The highest BCUT2D eigenvalue weighted by Gasteiger charge is 2.07. The summed E-state index contributed by atoms with van der Waals surface area (Å²) >= 11 is 0. The summed E-state index contributed by atoms with van der Waals surface area (Å²) < 4.78 is 0. The Labute approximate surface area is 110 Å². The van der Waals surface area contributed by atoms with Crippen LogP contribution in [0.3, 0.4) is 0 Å². The van der Waals surface area contributed by atoms with Gasteiger partial charge in [-0.05, 0) is 30.5 Å². The van der Waals surface area contributed by atoms with E-state index in [-0.39, 0.29) is 5.91 Å². The molecule has 2 aromatic rings. The van der Waals surface area contributed by atoms with Gasteiger partial charge in [-0.25, -0.2) is 0 Å². The minimum Gasteiger partial charge on any atom is -0.351 e. The molecule has 1 heterocycles. The Balaban J connectivity index is 1.84. The Morgan fingerprint density at radius 2 is 2.21 bits per heavy atom. The lowest BCUT2D eigenvalue weighted by molar-refractivity contribution is 0.0949. The second-order valence-corrected chi connectivity index (χ2v) is 4.19. The second kappa shape index (κ2) is 6.47. The summed E-state index contributed by atoms with van der Waals surface area (Å²) in [5, 5.41) is 7.29. The molecule has 0 fully saturated rings. The van der Waals surface area contributed by atoms with E-state index in [0.29, 0.717) is 18.8 Å². The molecule has 0 aliphatic rings. The number of fused-ring (bicyclic) bond motifs is 1. The van der Waals surface area contributed by atoms with E-state index >= 15 is 0 Å². The van der Waals surface area contributed by atoms with Gasteiger partial charge in [0.2, 0.25) is 0 Å². The highest BCUT2D eigenvalue weighted by Crippen LogP contribution is 2.14. The molecular weight excluding hydrogens is 242 g/mol. The van der Waals surface area contributed by atoms with E-state index in [0.717, 1.165) is 23.7 Å². The molecule has 2 N–H and O–H groups in total. The first kappa shape index (κ1) is 13.0. The van der Waals surface area contributed by atoms with Crippen molar-refractivity contribution in [2.24, 2.45) is 5.11 Å². The summed E-state index contributed by atoms with van der Waals surface area (Å²) in [5.41, 5.74) is 9.63. The summed E-state index contributed by atoms with van der Waals surface area (Å²) in [6, 6.07) is 9.60. The quantitative estimate of drug-likeness (QED) is 0.354. The third-order valence-electron chi connectivity index (χ3n) is 2.81. The molecule has 0 bridgehead atoms. The number of carbonyl (C=O) groups is 1. The van der Waals surface area contributed by atoms with E-state index in [2.05, 4.69) is 20.3 Å². The summed E-state index contributed by atoms with van der Waals surface area (Å²) in [4.78, 5) is 17.6. The van der Waals surface area contributed by atoms with Crippen LogP contribution in [-0.4, -0.2) is 24.0 Å². The summed E-state index contributed by atoms with van der Waals surface area (Å²) in [6.07, 6.45) is 1.57. The lowest BCUT2D eigenvalue weighted by Gasteiger charge is -2.02. The van der Waals surface area contributed by atoms with Gasteiger partial charge in [0.1, 0.15) is 5.69 Å². The standard InChI is InChI=1S/C13H15N5O/c14-18-16-8-4-3-7-15-13(19)12-9-10-5-1-2-6-11(10)17-12/h1-2,5-6,9,17H,3-4,7-8H2,(H,15,19). The van der Waals surface area contributed by atoms with Gasteiger partial charge >= 0.3 is 0 Å². The maximum atomic E-state index is 11.9. The second-order valence-electron chi connectivity index (χ2n) is 4.19. The van der Waals surface area contributed by atoms with Crippen LogP contribution in [0.2, 0.25) is 0 Å². The molecular formula is C13H15N5O. The largest absolute Gasteiger partial charge is 0.351 e. The van der Waals surface area contributed by atoms with Crippen LogP contribution >= 0.6 is 0 Å². The van der Waals surface area contributed by atoms with Gasteiger partial charge in [0.25, 0.3) is 5.91 Å². The topological polar surface area (TPSA) is 93.7 Å². The van der Waals surface area contributed by atoms with Crippen LogP contribution in [0, 0.1) is 0 Å². The fourth-order valence-corrected chi connectivity index (χ4v) is 1.85. The van der Waals surface area contributed by atoms with Gasteiger partial charge in [0, 0.05) is 28.9 Å². The number of nitrogens with one attached hydrogen (secondary N) is 2. The molecule has 0 aliphatic carbocycles. The normalized spacial score (nSPS) is 10.1. The molecule has 6 nitrogen and oxygen atoms in total. The molecule has 0 unspecified atom stereocenters. The molecule has 0 spiro atoms. The van der Waals surface area contributed by atoms with Crippen molar-refractivity contribution >= 4 is 16.8 Å². The predicted molar refractivity (Wildman–Crippen MR) is 73.9 cm³/mol. The molecule has 1 aromatic carbocycles. The van der Waals surface area contributed by atoms with Gasteiger partial charge in [-0.2, -0.15) is 0 Å². The fourth-order valence-electron chi connectivity index (χ4n) is 1.85. The first-order valence-electron chi connectivity index (χ1n) is 6.18. The lowest BCUT2D eigenvalue weighted by atomic mass is 10.2. The number of hydrogen-bond donors (Lipinski definition) is 2. The number of para-hydroxylation sites is 1. The Bertz CT molecular complexity index is 579. The minimum atomic E-state index is -0.111. The zero-order chi connectivity index (χ0) is 13.5. The van der Waals surface area contributed by atoms with E-state index in [1.807, 2.05) is 30.3 Å². The Hall–Kier alpha value is -2.46. The van der Waals surface area contributed by atoms with Crippen molar-refractivity contribution in [3.05, 3.63) is 46.5 Å². The van der Waals surface area contributed by atoms with Gasteiger partial charge < -0.3 is 10.3 Å². The minimum absolute atomic E-state index is 0.111. The van der Waals surface area contributed by atoms with Crippen molar-refractivity contribution in [1.29, 1.82) is 0 Å². The van der Waals surface area contributed by atoms with E-state index in [9.17, 15) is 4.79 Å². The Morgan fingerprint density at radius 3 is 3.00 bits per heavy atom. The smallest absolute Gasteiger partial charge is 0.267 e. The predicted octanol–water partition coefficient (Wildman–Crippen LogP) is 2.99. The summed E-state index contributed by atoms with van der Waals surface area (Å²) in [6.45, 7) is 1.05. The van der Waals surface area contributed by atoms with Crippen molar-refractivity contribution in [3.63, 3.8) is 0 Å². The average Bonchev–Trinajstić information content (AvgIpc) is 2.86. The molecule has 0 saturated carbocycles. The molecule has 0 radical (unpaired) electrons. The van der Waals surface area contributed by atoms with Crippen molar-refractivity contribution in [3.8, 4) is 0 Å². The van der Waals surface area contributed by atoms with Crippen molar-refractivity contribution in [2.75, 3.05) is 13.1 Å². The van der Waals surface area contributed by atoms with Crippen molar-refractivity contribution < 1.29 is 4.79 Å². The van der Waals surface area contributed by atoms with E-state index in [4.69, 9.17) is 5.53 Å². The SMILES string of the molecule is [N-]=[N+]=NCCCCNC(=O)c1cc2ccccc2[nH]1. The number of nitrogens with zero attached hydrogens (tertiary/aromatic N) is 3. The zero-order valence-corrected chi connectivity index (χ0v) is 10.5. The van der Waals surface area contributed by atoms with Gasteiger partial charge in [0.05, 0.1) is 0 Å². The maximum Gasteiger partial charge on any atom is 0.267 e. The summed E-state index contributed by atoms with van der Waals surface area (Å²) in [5.74, 6) is -0.111. The first-order valence-corrected chi connectivity index (χ1v) is 6.18. The highest BCUT2D eigenvalue weighted by atomic mass is 16.1. The molecule has 98 valence electrons. The molecule has 0 atom stereocenters. The number of H-pyrrole nitrogens is 1. The number of aromatic nitrogens is 1. The maximum absolute atomic E-state index is 11.9. The van der Waals surface area contributed by atoms with Gasteiger partial charge in [-0.15, -0.1) is 0 Å². The average molecular weight is 257 g/mol. The van der Waals surface area contributed by atoms with Crippen molar-refractivity contribution in [2.45, 2.75) is 12.8 Å². The number of rotatable bonds is 6. The van der Waals surface area contributed by atoms with Gasteiger partial charge in [-0.3, -0.25) is 4.79 Å². The fraction of sp³-hybridized carbons (Fsp3) is 0.308. The van der Waals surface area contributed by atoms with Crippen LogP contribution in [0.15, 0.2) is 35.4 Å². The molecule has 6 heteroatoms. The highest BCUT2D eigenvalue weighted by molar-refractivity contribution is 5.97. The Morgan fingerprint density at radius 1 is 1.37 bits per heavy atom. The molecule has 0 aliphatic heterocycles. The number of unbranched alkanes of at least 4 members (excludes halogenated alkanes) is 1. The number of aromatic amines is 1. The first-order chi connectivity index (χ1) is 9.31. The van der Waals surface area contributed by atoms with Gasteiger partial charge in [-0.1, -0.05) is 23.3 Å². The van der Waals surface area contributed by atoms with E-state index in [1.165, 1.54) is 0 Å². The van der Waals surface area contributed by atoms with Crippen LogP contribution in [0.25, 0.3) is 21.3 Å². The number of hydrogen-bond acceptors (Lipinski definition) is 2. The lowest BCUT2D eigenvalue weighted by Crippen LogP contribution is -2.24. The van der Waals surface area contributed by atoms with E-state index in [1.54, 1.807) is 0 Å². The summed E-state index contributed by atoms with van der Waals surface area (Å²) in [7, 11) is 0. The van der Waals surface area contributed by atoms with Crippen LogP contribution < -0.4 is 5.32 Å². The number of benzene rings is 1. The Kier molecular flexibility index (Phi) is 4.42. The van der Waals surface area contributed by atoms with Crippen LogP contribution in [0.1, 0.15) is 23.3 Å². The number of azide groups is 1. The molecule has 1 aromatic heterocycles. The third-order valence-corrected chi connectivity index (χ3v) is 2.81. The van der Waals surface area contributed by atoms with Crippen LogP contribution in [0.5, 0.6) is 0 Å². The van der Waals surface area contributed by atoms with Crippen LogP contribution in [0.4, 0.5) is 0 Å². The van der Waals surface area contributed by atoms with Gasteiger partial charge in [0.15, 0.2) is 0 Å². The molecule has 19 heavy (non-hydrogen) atoms. The monoisotopic (exact) mass is 257 g/mol. The number of amides is 1. The molecule has 1 amide bonds. The molecule has 0 saturated heterocycles.